The lowest BCUT2D eigenvalue weighted by Gasteiger charge is -2.35. The summed E-state index contributed by atoms with van der Waals surface area (Å²) in [6.07, 6.45) is 47.9. The first-order valence-corrected chi connectivity index (χ1v) is 21.6. The average molecular weight is 677 g/mol. The SMILES string of the molecule is CCCCCCCCCCCCCCCCCC[N+](C)(CCCCCCCCCCCCCCCCCC)CCc1ccccc1.[Cl-]. The van der Waals surface area contributed by atoms with Crippen LogP contribution in [0.1, 0.15) is 225 Å². The van der Waals surface area contributed by atoms with E-state index in [2.05, 4.69) is 51.2 Å². The molecule has 0 N–H and O–H groups in total. The second-order valence-electron chi connectivity index (χ2n) is 15.6. The third-order valence-corrected chi connectivity index (χ3v) is 10.9. The van der Waals surface area contributed by atoms with Gasteiger partial charge in [-0.05, 0) is 31.2 Å². The van der Waals surface area contributed by atoms with Crippen LogP contribution in [0.25, 0.3) is 0 Å². The summed E-state index contributed by atoms with van der Waals surface area (Å²) in [6.45, 7) is 8.69. The summed E-state index contributed by atoms with van der Waals surface area (Å²) in [4.78, 5) is 0. The molecule has 47 heavy (non-hydrogen) atoms. The monoisotopic (exact) mass is 676 g/mol. The molecule has 1 nitrogen and oxygen atoms in total. The summed E-state index contributed by atoms with van der Waals surface area (Å²) in [6, 6.07) is 11.2. The minimum atomic E-state index is 0. The van der Waals surface area contributed by atoms with Gasteiger partial charge in [-0.1, -0.05) is 224 Å². The van der Waals surface area contributed by atoms with Crippen molar-refractivity contribution in [3.8, 4) is 0 Å². The number of nitrogens with zero attached hydrogens (tertiary/aromatic N) is 1. The van der Waals surface area contributed by atoms with Gasteiger partial charge >= 0.3 is 0 Å². The fourth-order valence-corrected chi connectivity index (χ4v) is 7.46. The van der Waals surface area contributed by atoms with Gasteiger partial charge < -0.3 is 16.9 Å². The summed E-state index contributed by atoms with van der Waals surface area (Å²) in [5.74, 6) is 0. The van der Waals surface area contributed by atoms with E-state index in [0.717, 1.165) is 0 Å². The second kappa shape index (κ2) is 36.7. The van der Waals surface area contributed by atoms with Crippen LogP contribution in [0.5, 0.6) is 0 Å². The van der Waals surface area contributed by atoms with E-state index < -0.39 is 0 Å². The van der Waals surface area contributed by atoms with Crippen LogP contribution in [0.4, 0.5) is 0 Å². The van der Waals surface area contributed by atoms with Crippen molar-refractivity contribution in [3.05, 3.63) is 35.9 Å². The summed E-state index contributed by atoms with van der Waals surface area (Å²) in [5.41, 5.74) is 1.52. The van der Waals surface area contributed by atoms with Crippen LogP contribution < -0.4 is 12.4 Å². The van der Waals surface area contributed by atoms with Gasteiger partial charge in [0.25, 0.3) is 0 Å². The molecule has 1 rings (SSSR count). The predicted octanol–water partition coefficient (Wildman–Crippen LogP) is 12.2. The van der Waals surface area contributed by atoms with Crippen LogP contribution in [0.15, 0.2) is 30.3 Å². The number of quaternary nitrogens is 1. The van der Waals surface area contributed by atoms with Crippen molar-refractivity contribution >= 4 is 0 Å². The summed E-state index contributed by atoms with van der Waals surface area (Å²) in [7, 11) is 2.57. The molecule has 0 bridgehead atoms. The van der Waals surface area contributed by atoms with Gasteiger partial charge in [0.05, 0.1) is 26.7 Å². The van der Waals surface area contributed by atoms with E-state index >= 15 is 0 Å². The Hall–Kier alpha value is -0.530. The average Bonchev–Trinajstić information content (AvgIpc) is 3.07. The smallest absolute Gasteiger partial charge is 0.0825 e. The highest BCUT2D eigenvalue weighted by atomic mass is 35.5. The largest absolute Gasteiger partial charge is 1.00 e. The number of rotatable bonds is 37. The molecule has 0 atom stereocenters. The highest BCUT2D eigenvalue weighted by Gasteiger charge is 2.20. The third-order valence-electron chi connectivity index (χ3n) is 10.9. The highest BCUT2D eigenvalue weighted by molar-refractivity contribution is 5.14. The fraction of sp³-hybridized carbons (Fsp3) is 0.867. The number of unbranched alkanes of at least 4 members (excludes halogenated alkanes) is 30. The minimum Gasteiger partial charge on any atom is -1.00 e. The summed E-state index contributed by atoms with van der Waals surface area (Å²) in [5, 5.41) is 0. The van der Waals surface area contributed by atoms with Gasteiger partial charge in [0.1, 0.15) is 0 Å². The van der Waals surface area contributed by atoms with Crippen molar-refractivity contribution in [1.29, 1.82) is 0 Å². The Morgan fingerprint density at radius 1 is 0.340 bits per heavy atom. The van der Waals surface area contributed by atoms with Crippen LogP contribution in [0.3, 0.4) is 0 Å². The normalized spacial score (nSPS) is 11.6. The van der Waals surface area contributed by atoms with Crippen molar-refractivity contribution in [2.75, 3.05) is 26.7 Å². The third kappa shape index (κ3) is 32.4. The lowest BCUT2D eigenvalue weighted by molar-refractivity contribution is -0.909. The van der Waals surface area contributed by atoms with Gasteiger partial charge in [-0.2, -0.15) is 0 Å². The summed E-state index contributed by atoms with van der Waals surface area (Å²) >= 11 is 0. The molecule has 0 saturated heterocycles. The van der Waals surface area contributed by atoms with E-state index in [1.54, 1.807) is 0 Å². The van der Waals surface area contributed by atoms with Gasteiger partial charge in [0, 0.05) is 6.42 Å². The minimum absolute atomic E-state index is 0. The van der Waals surface area contributed by atoms with Gasteiger partial charge in [-0.15, -0.1) is 0 Å². The van der Waals surface area contributed by atoms with E-state index in [1.165, 1.54) is 242 Å². The number of hydrogen-bond acceptors (Lipinski definition) is 0. The van der Waals surface area contributed by atoms with Crippen LogP contribution in [0, 0.1) is 0 Å². The molecule has 0 radical (unpaired) electrons. The Labute approximate surface area is 304 Å². The van der Waals surface area contributed by atoms with Crippen molar-refractivity contribution in [3.63, 3.8) is 0 Å². The van der Waals surface area contributed by atoms with Gasteiger partial charge in [0.2, 0.25) is 0 Å². The van der Waals surface area contributed by atoms with Crippen LogP contribution in [-0.2, 0) is 6.42 Å². The Bertz CT molecular complexity index is 667. The predicted molar refractivity (Wildman–Crippen MR) is 210 cm³/mol. The molecule has 0 aromatic heterocycles. The topological polar surface area (TPSA) is 0 Å². The highest BCUT2D eigenvalue weighted by Crippen LogP contribution is 2.18. The van der Waals surface area contributed by atoms with Gasteiger partial charge in [-0.3, -0.25) is 0 Å². The first-order chi connectivity index (χ1) is 22.7. The molecule has 278 valence electrons. The molecule has 0 amide bonds. The first kappa shape index (κ1) is 46.5. The zero-order valence-corrected chi connectivity index (χ0v) is 33.4. The maximum atomic E-state index is 2.57. The quantitative estimate of drug-likeness (QED) is 0.0486. The van der Waals surface area contributed by atoms with E-state index in [0.29, 0.717) is 0 Å². The molecule has 0 saturated carbocycles. The fourth-order valence-electron chi connectivity index (χ4n) is 7.46. The van der Waals surface area contributed by atoms with Crippen molar-refractivity contribution < 1.29 is 16.9 Å². The van der Waals surface area contributed by atoms with Crippen molar-refractivity contribution in [1.82, 2.24) is 0 Å². The molecule has 0 unspecified atom stereocenters. The van der Waals surface area contributed by atoms with Crippen LogP contribution >= 0.6 is 0 Å². The standard InChI is InChI=1S/C45H86N.ClH/c1-4-6-8-10-12-14-16-18-20-22-24-26-28-30-32-37-42-46(3,44-41-45-39-35-34-36-40-45)43-38-33-31-29-27-25-23-21-19-17-15-13-11-9-7-5-2;/h34-36,39-40H,4-33,37-38,41-44H2,1-3H3;1H/q+1;/p-1. The molecule has 1 aromatic rings. The molecular weight excluding hydrogens is 590 g/mol. The van der Waals surface area contributed by atoms with E-state index in [-0.39, 0.29) is 12.4 Å². The number of benzene rings is 1. The number of hydrogen-bond donors (Lipinski definition) is 0. The molecule has 0 fully saturated rings. The zero-order valence-electron chi connectivity index (χ0n) is 32.7. The Kier molecular flexibility index (Phi) is 36.3. The van der Waals surface area contributed by atoms with Crippen LogP contribution in [0.2, 0.25) is 0 Å². The Morgan fingerprint density at radius 2 is 0.596 bits per heavy atom. The molecule has 0 heterocycles. The van der Waals surface area contributed by atoms with Crippen molar-refractivity contribution in [2.24, 2.45) is 0 Å². The second-order valence-corrected chi connectivity index (χ2v) is 15.6. The van der Waals surface area contributed by atoms with Crippen LogP contribution in [-0.4, -0.2) is 31.2 Å². The first-order valence-electron chi connectivity index (χ1n) is 21.6. The number of likely N-dealkylation sites (N-methyl/N-ethyl adjacent to an activating group) is 1. The zero-order chi connectivity index (χ0) is 33.1. The molecule has 0 aliphatic carbocycles. The lowest BCUT2D eigenvalue weighted by atomic mass is 10.0. The van der Waals surface area contributed by atoms with Gasteiger partial charge in [-0.25, -0.2) is 0 Å². The van der Waals surface area contributed by atoms with E-state index in [4.69, 9.17) is 0 Å². The Morgan fingerprint density at radius 3 is 0.872 bits per heavy atom. The molecule has 0 aliphatic rings. The maximum absolute atomic E-state index is 2.57. The summed E-state index contributed by atoms with van der Waals surface area (Å²) < 4.78 is 1.28. The maximum Gasteiger partial charge on any atom is 0.0825 e. The Balaban J connectivity index is 0.0000212. The lowest BCUT2D eigenvalue weighted by Crippen LogP contribution is -3.00. The molecular formula is C45H86ClN. The molecule has 2 heteroatoms. The molecule has 0 spiro atoms. The van der Waals surface area contributed by atoms with Crippen molar-refractivity contribution in [2.45, 2.75) is 226 Å². The molecule has 0 aliphatic heterocycles. The number of halogens is 1. The van der Waals surface area contributed by atoms with E-state index in [9.17, 15) is 0 Å². The van der Waals surface area contributed by atoms with Gasteiger partial charge in [0.15, 0.2) is 0 Å². The van der Waals surface area contributed by atoms with E-state index in [1.807, 2.05) is 0 Å². The molecule has 1 aromatic carbocycles.